The maximum atomic E-state index is 11.2. The average Bonchev–Trinajstić information content (AvgIpc) is 3.37. The van der Waals surface area contributed by atoms with Crippen LogP contribution in [0.5, 0.6) is 17.2 Å². The van der Waals surface area contributed by atoms with Gasteiger partial charge in [0, 0.05) is 22.6 Å². The van der Waals surface area contributed by atoms with Gasteiger partial charge < -0.3 is 24.4 Å². The highest BCUT2D eigenvalue weighted by Gasteiger charge is 2.21. The zero-order valence-electron chi connectivity index (χ0n) is 22.8. The van der Waals surface area contributed by atoms with Crippen LogP contribution >= 0.6 is 11.6 Å². The van der Waals surface area contributed by atoms with E-state index in [0.717, 1.165) is 22.4 Å². The Morgan fingerprint density at radius 2 is 1.77 bits per heavy atom. The van der Waals surface area contributed by atoms with Gasteiger partial charge in [-0.25, -0.2) is 0 Å². The number of halogens is 1. The van der Waals surface area contributed by atoms with Crippen molar-refractivity contribution in [3.63, 3.8) is 0 Å². The average molecular weight is 565 g/mol. The molecule has 210 valence electrons. The van der Waals surface area contributed by atoms with Gasteiger partial charge in [0.2, 0.25) is 0 Å². The molecule has 4 aromatic rings. The van der Waals surface area contributed by atoms with Crippen molar-refractivity contribution in [2.75, 3.05) is 14.2 Å². The Labute approximate surface area is 238 Å². The van der Waals surface area contributed by atoms with Gasteiger partial charge >= 0.3 is 5.97 Å². The van der Waals surface area contributed by atoms with Crippen LogP contribution in [0.1, 0.15) is 30.9 Å². The van der Waals surface area contributed by atoms with Crippen molar-refractivity contribution in [1.82, 2.24) is 9.78 Å². The lowest BCUT2D eigenvalue weighted by molar-refractivity contribution is -0.136. The standard InChI is InChI=1S/C31H33ClN2O6/c1-4-23(35)18-34-27(24-9-6-10-29(38-2)31(24)39-3)17-26(33-34)25-16-20(12-14-30(36)37)11-13-28(25)40-19-21-7-5-8-22(32)15-21/h5-11,13,15-17,23,35H,4,12,14,18-19H2,1-3H3,(H,36,37). The van der Waals surface area contributed by atoms with Crippen LogP contribution in [0.4, 0.5) is 0 Å². The van der Waals surface area contributed by atoms with Crippen molar-refractivity contribution in [3.05, 3.63) is 82.9 Å². The zero-order valence-corrected chi connectivity index (χ0v) is 23.5. The molecule has 9 heteroatoms. The number of aliphatic hydroxyl groups is 1. The third-order valence-corrected chi connectivity index (χ3v) is 6.78. The van der Waals surface area contributed by atoms with E-state index < -0.39 is 12.1 Å². The quantitative estimate of drug-likeness (QED) is 0.198. The number of aryl methyl sites for hydroxylation is 1. The Hall–Kier alpha value is -4.01. The summed E-state index contributed by atoms with van der Waals surface area (Å²) in [5.74, 6) is 0.847. The summed E-state index contributed by atoms with van der Waals surface area (Å²) < 4.78 is 19.2. The van der Waals surface area contributed by atoms with Crippen LogP contribution in [0.25, 0.3) is 22.5 Å². The molecule has 0 bridgehead atoms. The topological polar surface area (TPSA) is 103 Å². The molecule has 0 spiro atoms. The fourth-order valence-corrected chi connectivity index (χ4v) is 4.63. The number of hydrogen-bond acceptors (Lipinski definition) is 6. The number of aliphatic carboxylic acids is 1. The van der Waals surface area contributed by atoms with Crippen molar-refractivity contribution in [1.29, 1.82) is 0 Å². The van der Waals surface area contributed by atoms with E-state index in [1.165, 1.54) is 0 Å². The van der Waals surface area contributed by atoms with Gasteiger partial charge in [-0.15, -0.1) is 0 Å². The highest BCUT2D eigenvalue weighted by molar-refractivity contribution is 6.30. The predicted octanol–water partition coefficient (Wildman–Crippen LogP) is 6.25. The highest BCUT2D eigenvalue weighted by atomic mass is 35.5. The summed E-state index contributed by atoms with van der Waals surface area (Å²) in [6.45, 7) is 2.46. The van der Waals surface area contributed by atoms with E-state index in [2.05, 4.69) is 0 Å². The van der Waals surface area contributed by atoms with Gasteiger partial charge in [0.1, 0.15) is 12.4 Å². The third-order valence-electron chi connectivity index (χ3n) is 6.54. The first-order valence-electron chi connectivity index (χ1n) is 13.0. The number of aliphatic hydroxyl groups excluding tert-OH is 1. The molecule has 2 N–H and O–H groups in total. The molecule has 8 nitrogen and oxygen atoms in total. The fourth-order valence-electron chi connectivity index (χ4n) is 4.42. The largest absolute Gasteiger partial charge is 0.493 e. The molecule has 0 saturated carbocycles. The second kappa shape index (κ2) is 13.4. The first-order valence-corrected chi connectivity index (χ1v) is 13.4. The van der Waals surface area contributed by atoms with Crippen molar-refractivity contribution in [2.45, 2.75) is 45.4 Å². The third kappa shape index (κ3) is 6.94. The number of benzene rings is 3. The van der Waals surface area contributed by atoms with Crippen LogP contribution in [0, 0.1) is 0 Å². The van der Waals surface area contributed by atoms with Gasteiger partial charge in [-0.1, -0.05) is 42.8 Å². The minimum atomic E-state index is -0.868. The van der Waals surface area contributed by atoms with Crippen molar-refractivity contribution < 1.29 is 29.2 Å². The Balaban J connectivity index is 1.82. The second-order valence-electron chi connectivity index (χ2n) is 9.34. The molecule has 1 atom stereocenters. The molecular weight excluding hydrogens is 532 g/mol. The van der Waals surface area contributed by atoms with E-state index in [1.54, 1.807) is 25.0 Å². The normalized spacial score (nSPS) is 11.7. The first kappa shape index (κ1) is 29.0. The lowest BCUT2D eigenvalue weighted by Gasteiger charge is -2.15. The summed E-state index contributed by atoms with van der Waals surface area (Å²) in [4.78, 5) is 11.2. The summed E-state index contributed by atoms with van der Waals surface area (Å²) in [6, 6.07) is 20.6. The molecule has 0 radical (unpaired) electrons. The van der Waals surface area contributed by atoms with Gasteiger partial charge in [-0.2, -0.15) is 5.10 Å². The van der Waals surface area contributed by atoms with E-state index in [9.17, 15) is 15.0 Å². The maximum absolute atomic E-state index is 11.2. The number of carbonyl (C=O) groups is 1. The number of carboxylic acid groups (broad SMARTS) is 1. The van der Waals surface area contributed by atoms with E-state index in [0.29, 0.717) is 46.4 Å². The molecule has 1 unspecified atom stereocenters. The number of aromatic nitrogens is 2. The Morgan fingerprint density at radius 3 is 2.48 bits per heavy atom. The van der Waals surface area contributed by atoms with Gasteiger partial charge in [-0.05, 0) is 66.4 Å². The Kier molecular flexibility index (Phi) is 9.69. The van der Waals surface area contributed by atoms with Crippen molar-refractivity contribution in [2.24, 2.45) is 0 Å². The van der Waals surface area contributed by atoms with Gasteiger partial charge in [0.15, 0.2) is 11.5 Å². The predicted molar refractivity (Wildman–Crippen MR) is 154 cm³/mol. The van der Waals surface area contributed by atoms with Crippen LogP contribution in [0.2, 0.25) is 5.02 Å². The number of hydrogen-bond donors (Lipinski definition) is 2. The summed E-state index contributed by atoms with van der Waals surface area (Å²) in [6.07, 6.45) is 0.320. The number of rotatable bonds is 13. The summed E-state index contributed by atoms with van der Waals surface area (Å²) in [7, 11) is 3.16. The zero-order chi connectivity index (χ0) is 28.6. The number of methoxy groups -OCH3 is 2. The lowest BCUT2D eigenvalue weighted by atomic mass is 10.0. The molecule has 0 aliphatic rings. The molecule has 0 aliphatic carbocycles. The minimum Gasteiger partial charge on any atom is -0.493 e. The number of nitrogens with zero attached hydrogens (tertiary/aromatic N) is 2. The number of para-hydroxylation sites is 1. The minimum absolute atomic E-state index is 0.00551. The van der Waals surface area contributed by atoms with Crippen LogP contribution in [0.15, 0.2) is 66.7 Å². The summed E-state index contributed by atoms with van der Waals surface area (Å²) in [5.41, 5.74) is 4.56. The van der Waals surface area contributed by atoms with E-state index in [4.69, 9.17) is 30.9 Å². The summed E-state index contributed by atoms with van der Waals surface area (Å²) >= 11 is 6.16. The summed E-state index contributed by atoms with van der Waals surface area (Å²) in [5, 5.41) is 25.3. The van der Waals surface area contributed by atoms with Gasteiger partial charge in [0.25, 0.3) is 0 Å². The first-order chi connectivity index (χ1) is 19.3. The fraction of sp³-hybridized carbons (Fsp3) is 0.290. The Bertz CT molecular complexity index is 1470. The smallest absolute Gasteiger partial charge is 0.303 e. The molecule has 0 fully saturated rings. The molecule has 1 aromatic heterocycles. The second-order valence-corrected chi connectivity index (χ2v) is 9.78. The van der Waals surface area contributed by atoms with Gasteiger partial charge in [0.05, 0.1) is 38.3 Å². The Morgan fingerprint density at radius 1 is 0.975 bits per heavy atom. The SMILES string of the molecule is CCC(O)Cn1nc(-c2cc(CCC(=O)O)ccc2OCc2cccc(Cl)c2)cc1-c1cccc(OC)c1OC. The van der Waals surface area contributed by atoms with E-state index >= 15 is 0 Å². The van der Waals surface area contributed by atoms with Crippen LogP contribution < -0.4 is 14.2 Å². The molecular formula is C31H33ClN2O6. The van der Waals surface area contributed by atoms with Crippen LogP contribution in [-0.2, 0) is 24.4 Å². The van der Waals surface area contributed by atoms with Crippen LogP contribution in [-0.4, -0.2) is 46.3 Å². The number of ether oxygens (including phenoxy) is 3. The molecule has 0 amide bonds. The molecule has 0 saturated heterocycles. The molecule has 4 rings (SSSR count). The monoisotopic (exact) mass is 564 g/mol. The molecule has 1 heterocycles. The van der Waals surface area contributed by atoms with Gasteiger partial charge in [-0.3, -0.25) is 9.48 Å². The van der Waals surface area contributed by atoms with E-state index in [1.807, 2.05) is 67.6 Å². The highest BCUT2D eigenvalue weighted by Crippen LogP contribution is 2.40. The lowest BCUT2D eigenvalue weighted by Crippen LogP contribution is -2.16. The van der Waals surface area contributed by atoms with Crippen molar-refractivity contribution in [3.8, 4) is 39.8 Å². The molecule has 3 aromatic carbocycles. The molecule has 0 aliphatic heterocycles. The van der Waals surface area contributed by atoms with Crippen molar-refractivity contribution >= 4 is 17.6 Å². The number of carboxylic acids is 1. The van der Waals surface area contributed by atoms with Crippen LogP contribution in [0.3, 0.4) is 0 Å². The molecule has 40 heavy (non-hydrogen) atoms. The maximum Gasteiger partial charge on any atom is 0.303 e. The van der Waals surface area contributed by atoms with E-state index in [-0.39, 0.29) is 19.6 Å².